The molecule has 0 saturated carbocycles. The highest BCUT2D eigenvalue weighted by Crippen LogP contribution is 2.40. The smallest absolute Gasteiger partial charge is 0.258 e. The van der Waals surface area contributed by atoms with Gasteiger partial charge in [0.25, 0.3) is 11.8 Å². The number of nitrogens with zero attached hydrogens (tertiary/aromatic N) is 1. The Kier molecular flexibility index (Phi) is 10.1. The van der Waals surface area contributed by atoms with Crippen LogP contribution in [0.2, 0.25) is 0 Å². The van der Waals surface area contributed by atoms with Gasteiger partial charge < -0.3 is 25.4 Å². The van der Waals surface area contributed by atoms with Gasteiger partial charge in [-0.25, -0.2) is 0 Å². The van der Waals surface area contributed by atoms with E-state index < -0.39 is 34.7 Å². The predicted octanol–water partition coefficient (Wildman–Crippen LogP) is 4.61. The maximum absolute atomic E-state index is 13.9. The Hall–Kier alpha value is -4.34. The molecule has 1 aliphatic rings. The molecule has 0 bridgehead atoms. The van der Waals surface area contributed by atoms with Gasteiger partial charge in [0, 0.05) is 16.7 Å². The van der Waals surface area contributed by atoms with Crippen LogP contribution in [0, 0.1) is 6.92 Å². The molecule has 3 N–H and O–H groups in total. The minimum atomic E-state index is -1.59. The zero-order chi connectivity index (χ0) is 32.0. The van der Waals surface area contributed by atoms with Crippen molar-refractivity contribution >= 4 is 40.3 Å². The van der Waals surface area contributed by atoms with E-state index in [1.165, 1.54) is 16.7 Å². The highest BCUT2D eigenvalue weighted by molar-refractivity contribution is 8.00. The first kappa shape index (κ1) is 32.1. The van der Waals surface area contributed by atoms with Crippen LogP contribution in [-0.4, -0.2) is 63.1 Å². The molecule has 1 fully saturated rings. The van der Waals surface area contributed by atoms with Crippen molar-refractivity contribution in [3.8, 4) is 5.75 Å². The molecule has 0 aromatic heterocycles. The van der Waals surface area contributed by atoms with Gasteiger partial charge in [-0.2, -0.15) is 0 Å². The number of hydrogen-bond acceptors (Lipinski definition) is 6. The van der Waals surface area contributed by atoms with Crippen LogP contribution in [-0.2, 0) is 27.3 Å². The van der Waals surface area contributed by atoms with Gasteiger partial charge in [-0.05, 0) is 55.3 Å². The maximum Gasteiger partial charge on any atom is 0.258 e. The van der Waals surface area contributed by atoms with Crippen LogP contribution < -0.4 is 15.4 Å². The second kappa shape index (κ2) is 14.2. The molecule has 1 aliphatic heterocycles. The molecule has 5 rings (SSSR count). The van der Waals surface area contributed by atoms with Crippen molar-refractivity contribution < 1.29 is 24.2 Å². The number of ether oxygens (including phenoxy) is 1. The van der Waals surface area contributed by atoms with Crippen molar-refractivity contribution in [2.75, 3.05) is 12.5 Å². The number of nitrogens with one attached hydrogen (secondary N) is 2. The highest BCUT2D eigenvalue weighted by Gasteiger charge is 2.49. The molecule has 1 saturated heterocycles. The van der Waals surface area contributed by atoms with Crippen molar-refractivity contribution in [2.24, 2.45) is 0 Å². The van der Waals surface area contributed by atoms with Crippen LogP contribution in [0.4, 0.5) is 0 Å². The number of aliphatic hydroxyl groups excluding tert-OH is 1. The summed E-state index contributed by atoms with van der Waals surface area (Å²) in [6.45, 7) is 5.86. The summed E-state index contributed by atoms with van der Waals surface area (Å²) in [6.07, 6.45) is -1.38. The summed E-state index contributed by atoms with van der Waals surface area (Å²) >= 11 is 1.48. The summed E-state index contributed by atoms with van der Waals surface area (Å²) in [4.78, 5) is 42.1. The molecule has 3 amide bonds. The lowest BCUT2D eigenvalue weighted by Gasteiger charge is -2.33. The van der Waals surface area contributed by atoms with E-state index in [1.807, 2.05) is 112 Å². The first-order valence-electron chi connectivity index (χ1n) is 15.0. The minimum Gasteiger partial charge on any atom is -0.483 e. The van der Waals surface area contributed by atoms with Crippen molar-refractivity contribution in [1.82, 2.24) is 15.5 Å². The lowest BCUT2D eigenvalue weighted by molar-refractivity contribution is -0.148. The van der Waals surface area contributed by atoms with E-state index in [2.05, 4.69) is 10.6 Å². The number of aliphatic hydroxyl groups is 1. The van der Waals surface area contributed by atoms with Gasteiger partial charge in [0.1, 0.15) is 11.8 Å². The van der Waals surface area contributed by atoms with Crippen molar-refractivity contribution in [1.29, 1.82) is 0 Å². The van der Waals surface area contributed by atoms with Crippen LogP contribution in [0.1, 0.15) is 30.5 Å². The van der Waals surface area contributed by atoms with E-state index in [-0.39, 0.29) is 24.8 Å². The third kappa shape index (κ3) is 7.67. The fourth-order valence-electron chi connectivity index (χ4n) is 5.67. The van der Waals surface area contributed by atoms with Gasteiger partial charge in [0.15, 0.2) is 12.7 Å². The molecule has 9 heteroatoms. The molecule has 234 valence electrons. The summed E-state index contributed by atoms with van der Waals surface area (Å²) in [5.74, 6) is -0.572. The quantitative estimate of drug-likeness (QED) is 0.225. The van der Waals surface area contributed by atoms with Crippen molar-refractivity contribution in [3.05, 3.63) is 114 Å². The van der Waals surface area contributed by atoms with Crippen LogP contribution >= 0.6 is 11.8 Å². The minimum absolute atomic E-state index is 0.211. The molecule has 45 heavy (non-hydrogen) atoms. The largest absolute Gasteiger partial charge is 0.483 e. The molecular weight excluding hydrogens is 586 g/mol. The molecule has 1 heterocycles. The Morgan fingerprint density at radius 1 is 0.956 bits per heavy atom. The van der Waals surface area contributed by atoms with E-state index in [0.717, 1.165) is 27.5 Å². The Morgan fingerprint density at radius 3 is 2.42 bits per heavy atom. The molecule has 3 atom stereocenters. The molecule has 0 radical (unpaired) electrons. The average Bonchev–Trinajstić information content (AvgIpc) is 3.37. The zero-order valence-corrected chi connectivity index (χ0v) is 26.6. The van der Waals surface area contributed by atoms with Crippen LogP contribution in [0.5, 0.6) is 5.75 Å². The SMILES string of the molecule is Cc1ccccc1CNC(=O)C1N(C(=O)[C@@H](O)C(Cc2ccccc2)NC(=O)COc2cccc3ccccc23)CSC1(C)C. The second-order valence-corrected chi connectivity index (χ2v) is 13.4. The van der Waals surface area contributed by atoms with E-state index in [1.54, 1.807) is 6.07 Å². The summed E-state index contributed by atoms with van der Waals surface area (Å²) in [6, 6.07) is 28.7. The number of amides is 3. The average molecular weight is 626 g/mol. The lowest BCUT2D eigenvalue weighted by atomic mass is 9.97. The maximum atomic E-state index is 13.9. The summed E-state index contributed by atoms with van der Waals surface area (Å²) in [7, 11) is 0. The number of thioether (sulfide) groups is 1. The summed E-state index contributed by atoms with van der Waals surface area (Å²) in [5.41, 5.74) is 2.89. The number of fused-ring (bicyclic) bond motifs is 1. The van der Waals surface area contributed by atoms with Gasteiger partial charge in [0.05, 0.1) is 11.9 Å². The van der Waals surface area contributed by atoms with E-state index in [0.29, 0.717) is 12.3 Å². The topological polar surface area (TPSA) is 108 Å². The number of carbonyl (C=O) groups is 3. The monoisotopic (exact) mass is 625 g/mol. The number of aryl methyl sites for hydroxylation is 1. The Morgan fingerprint density at radius 2 is 1.64 bits per heavy atom. The molecule has 0 aliphatic carbocycles. The highest BCUT2D eigenvalue weighted by atomic mass is 32.2. The molecule has 8 nitrogen and oxygen atoms in total. The zero-order valence-electron chi connectivity index (χ0n) is 25.7. The van der Waals surface area contributed by atoms with Gasteiger partial charge in [0.2, 0.25) is 5.91 Å². The fraction of sp³-hybridized carbons (Fsp3) is 0.306. The van der Waals surface area contributed by atoms with E-state index in [9.17, 15) is 19.5 Å². The van der Waals surface area contributed by atoms with Gasteiger partial charge >= 0.3 is 0 Å². The third-order valence-corrected chi connectivity index (χ3v) is 9.55. The standard InChI is InChI=1S/C36H39N3O5S/c1-24-12-7-8-16-27(24)21-37-34(42)33-36(2,3)45-23-39(33)35(43)32(41)29(20-25-13-5-4-6-14-25)38-31(40)22-44-30-19-11-17-26-15-9-10-18-28(26)30/h4-19,29,32-33,41H,20-23H2,1-3H3,(H,37,42)(H,38,40)/t29?,32-,33?/m0/s1. The lowest BCUT2D eigenvalue weighted by Crippen LogP contribution is -2.59. The summed E-state index contributed by atoms with van der Waals surface area (Å²) in [5, 5.41) is 19.2. The number of hydrogen-bond donors (Lipinski definition) is 3. The van der Waals surface area contributed by atoms with Gasteiger partial charge in [-0.3, -0.25) is 14.4 Å². The summed E-state index contributed by atoms with van der Waals surface area (Å²) < 4.78 is 5.29. The molecule has 0 spiro atoms. The predicted molar refractivity (Wildman–Crippen MR) is 178 cm³/mol. The first-order valence-corrected chi connectivity index (χ1v) is 16.0. The third-order valence-electron chi connectivity index (χ3n) is 8.18. The molecular formula is C36H39N3O5S. The van der Waals surface area contributed by atoms with Crippen molar-refractivity contribution in [2.45, 2.75) is 56.7 Å². The molecule has 4 aromatic rings. The van der Waals surface area contributed by atoms with Crippen LogP contribution in [0.25, 0.3) is 10.8 Å². The van der Waals surface area contributed by atoms with Gasteiger partial charge in [-0.15, -0.1) is 11.8 Å². The Labute approximate surface area is 268 Å². The Bertz CT molecular complexity index is 1660. The molecule has 2 unspecified atom stereocenters. The number of rotatable bonds is 11. The number of carbonyl (C=O) groups excluding carboxylic acids is 3. The Balaban J connectivity index is 1.30. The van der Waals surface area contributed by atoms with Crippen LogP contribution in [0.3, 0.4) is 0 Å². The normalized spacial score (nSPS) is 17.0. The van der Waals surface area contributed by atoms with Crippen LogP contribution in [0.15, 0.2) is 97.1 Å². The fourth-order valence-corrected chi connectivity index (χ4v) is 6.81. The second-order valence-electron chi connectivity index (χ2n) is 11.8. The molecule has 4 aromatic carbocycles. The van der Waals surface area contributed by atoms with E-state index in [4.69, 9.17) is 4.74 Å². The first-order chi connectivity index (χ1) is 21.6. The van der Waals surface area contributed by atoms with Crippen molar-refractivity contribution in [3.63, 3.8) is 0 Å². The van der Waals surface area contributed by atoms with E-state index >= 15 is 0 Å². The number of benzene rings is 4. The van der Waals surface area contributed by atoms with Gasteiger partial charge in [-0.1, -0.05) is 91.0 Å².